The van der Waals surface area contributed by atoms with E-state index < -0.39 is 0 Å². The van der Waals surface area contributed by atoms with E-state index in [1.54, 1.807) is 0 Å². The molecule has 0 aromatic heterocycles. The van der Waals surface area contributed by atoms with Crippen LogP contribution >= 0.6 is 0 Å². The SMILES string of the molecule is O=NCCCCCCCCCC(=O)N(CCCCCCN=O)C(=O)NCCCCCCN=O. The summed E-state index contributed by atoms with van der Waals surface area (Å²) in [6.45, 7) is 1.91. The van der Waals surface area contributed by atoms with E-state index in [2.05, 4.69) is 20.8 Å². The third-order valence-electron chi connectivity index (χ3n) is 5.52. The fraction of sp³-hybridized carbons (Fsp3) is 0.913. The first-order chi connectivity index (χ1) is 16.2. The highest BCUT2D eigenvalue weighted by Gasteiger charge is 2.20. The Bertz CT molecular complexity index is 533. The third-order valence-corrected chi connectivity index (χ3v) is 5.52. The molecule has 3 amide bonds. The van der Waals surface area contributed by atoms with Crippen LogP contribution in [-0.4, -0.2) is 49.6 Å². The lowest BCUT2D eigenvalue weighted by Gasteiger charge is -2.21. The lowest BCUT2D eigenvalue weighted by atomic mass is 10.1. The number of urea groups is 1. The zero-order chi connectivity index (χ0) is 24.4. The van der Waals surface area contributed by atoms with Crippen molar-refractivity contribution in [2.75, 3.05) is 32.7 Å². The molecule has 10 heteroatoms. The molecule has 0 aliphatic carbocycles. The van der Waals surface area contributed by atoms with Crippen molar-refractivity contribution in [2.45, 2.75) is 103 Å². The summed E-state index contributed by atoms with van der Waals surface area (Å²) in [6.07, 6.45) is 13.6. The zero-order valence-corrected chi connectivity index (χ0v) is 20.2. The first-order valence-electron chi connectivity index (χ1n) is 12.6. The maximum absolute atomic E-state index is 12.7. The summed E-state index contributed by atoms with van der Waals surface area (Å²) >= 11 is 0. The Morgan fingerprint density at radius 3 is 1.48 bits per heavy atom. The van der Waals surface area contributed by atoms with Crippen molar-refractivity contribution in [1.29, 1.82) is 0 Å². The van der Waals surface area contributed by atoms with E-state index in [0.29, 0.717) is 45.6 Å². The predicted octanol–water partition coefficient (Wildman–Crippen LogP) is 6.07. The van der Waals surface area contributed by atoms with Crippen LogP contribution in [0.3, 0.4) is 0 Å². The standard InChI is InChI=1S/C23H43N5O5/c29-22(16-10-4-2-1-3-5-12-18-25-31)28(21-15-9-8-14-20-27-33)23(30)24-17-11-6-7-13-19-26-32/h1-21H2,(H,24,30). The van der Waals surface area contributed by atoms with E-state index >= 15 is 0 Å². The Balaban J connectivity index is 4.25. The number of carbonyl (C=O) groups is 2. The molecule has 0 aliphatic heterocycles. The number of carbonyl (C=O) groups excluding carboxylic acids is 2. The van der Waals surface area contributed by atoms with Crippen molar-refractivity contribution in [3.05, 3.63) is 14.7 Å². The second-order valence-corrected chi connectivity index (χ2v) is 8.39. The number of nitroso groups, excluding NO2 is 3. The summed E-state index contributed by atoms with van der Waals surface area (Å²) < 4.78 is 0. The number of rotatable bonds is 24. The van der Waals surface area contributed by atoms with E-state index in [9.17, 15) is 24.3 Å². The molecule has 0 heterocycles. The monoisotopic (exact) mass is 469 g/mol. The maximum Gasteiger partial charge on any atom is 0.324 e. The summed E-state index contributed by atoms with van der Waals surface area (Å²) in [5.74, 6) is -0.142. The Kier molecular flexibility index (Phi) is 22.7. The molecule has 0 atom stereocenters. The highest BCUT2D eigenvalue weighted by atomic mass is 16.3. The van der Waals surface area contributed by atoms with Gasteiger partial charge in [-0.3, -0.25) is 9.69 Å². The number of hydrogen-bond donors (Lipinski definition) is 1. The fourth-order valence-corrected chi connectivity index (χ4v) is 3.56. The van der Waals surface area contributed by atoms with Crippen LogP contribution in [0.2, 0.25) is 0 Å². The molecule has 0 bridgehead atoms. The van der Waals surface area contributed by atoms with Gasteiger partial charge in [-0.2, -0.15) is 14.7 Å². The summed E-state index contributed by atoms with van der Waals surface area (Å²) in [6, 6.07) is -0.340. The van der Waals surface area contributed by atoms with Crippen molar-refractivity contribution in [3.8, 4) is 0 Å². The molecule has 0 saturated heterocycles. The number of nitrogens with zero attached hydrogens (tertiary/aromatic N) is 4. The molecule has 10 nitrogen and oxygen atoms in total. The van der Waals surface area contributed by atoms with Crippen LogP contribution in [0.4, 0.5) is 4.79 Å². The third kappa shape index (κ3) is 20.1. The zero-order valence-electron chi connectivity index (χ0n) is 20.2. The Labute approximate surface area is 197 Å². The van der Waals surface area contributed by atoms with Crippen molar-refractivity contribution in [1.82, 2.24) is 10.2 Å². The molecule has 0 spiro atoms. The van der Waals surface area contributed by atoms with Crippen LogP contribution in [0, 0.1) is 14.7 Å². The molecule has 1 N–H and O–H groups in total. The van der Waals surface area contributed by atoms with E-state index in [1.165, 1.54) is 4.90 Å². The smallest absolute Gasteiger partial charge is 0.324 e. The minimum absolute atomic E-state index is 0.142. The Morgan fingerprint density at radius 2 is 0.970 bits per heavy atom. The van der Waals surface area contributed by atoms with Gasteiger partial charge < -0.3 is 5.32 Å². The summed E-state index contributed by atoms with van der Waals surface area (Å²) in [7, 11) is 0. The second kappa shape index (κ2) is 24.4. The maximum atomic E-state index is 12.7. The van der Waals surface area contributed by atoms with Crippen molar-refractivity contribution in [3.63, 3.8) is 0 Å². The van der Waals surface area contributed by atoms with Gasteiger partial charge in [0.2, 0.25) is 5.91 Å². The van der Waals surface area contributed by atoms with Crippen LogP contribution in [0.25, 0.3) is 0 Å². The minimum atomic E-state index is -0.340. The van der Waals surface area contributed by atoms with Gasteiger partial charge in [-0.15, -0.1) is 0 Å². The van der Waals surface area contributed by atoms with Crippen molar-refractivity contribution < 1.29 is 9.59 Å². The van der Waals surface area contributed by atoms with E-state index in [-0.39, 0.29) is 11.9 Å². The molecule has 0 fully saturated rings. The summed E-state index contributed by atoms with van der Waals surface area (Å²) in [5, 5.41) is 11.4. The lowest BCUT2D eigenvalue weighted by molar-refractivity contribution is -0.128. The van der Waals surface area contributed by atoms with Gasteiger partial charge in [0.1, 0.15) is 0 Å². The topological polar surface area (TPSA) is 138 Å². The van der Waals surface area contributed by atoms with Crippen LogP contribution in [0.15, 0.2) is 15.5 Å². The number of hydrogen-bond acceptors (Lipinski definition) is 8. The largest absolute Gasteiger partial charge is 0.338 e. The van der Waals surface area contributed by atoms with Gasteiger partial charge >= 0.3 is 6.03 Å². The van der Waals surface area contributed by atoms with Gasteiger partial charge in [0.25, 0.3) is 0 Å². The van der Waals surface area contributed by atoms with Gasteiger partial charge in [-0.25, -0.2) is 4.79 Å². The summed E-state index contributed by atoms with van der Waals surface area (Å²) in [5.41, 5.74) is 0. The molecular formula is C23H43N5O5. The van der Waals surface area contributed by atoms with Gasteiger partial charge in [-0.05, 0) is 38.5 Å². The number of nitrogens with one attached hydrogen (secondary N) is 1. The van der Waals surface area contributed by atoms with Gasteiger partial charge in [0, 0.05) is 19.5 Å². The average Bonchev–Trinajstić information content (AvgIpc) is 2.81. The van der Waals surface area contributed by atoms with Gasteiger partial charge in [0.15, 0.2) is 0 Å². The van der Waals surface area contributed by atoms with Crippen LogP contribution < -0.4 is 5.32 Å². The van der Waals surface area contributed by atoms with Gasteiger partial charge in [0.05, 0.1) is 19.6 Å². The highest BCUT2D eigenvalue weighted by molar-refractivity contribution is 5.94. The molecule has 0 radical (unpaired) electrons. The minimum Gasteiger partial charge on any atom is -0.338 e. The predicted molar refractivity (Wildman–Crippen MR) is 131 cm³/mol. The fourth-order valence-electron chi connectivity index (χ4n) is 3.56. The van der Waals surface area contributed by atoms with Crippen LogP contribution in [-0.2, 0) is 4.79 Å². The normalized spacial score (nSPS) is 10.5. The second-order valence-electron chi connectivity index (χ2n) is 8.39. The van der Waals surface area contributed by atoms with Crippen molar-refractivity contribution >= 4 is 11.9 Å². The average molecular weight is 470 g/mol. The molecule has 0 unspecified atom stereocenters. The van der Waals surface area contributed by atoms with Crippen LogP contribution in [0.1, 0.15) is 103 Å². The van der Waals surface area contributed by atoms with E-state index in [0.717, 1.165) is 89.9 Å². The number of imide groups is 1. The van der Waals surface area contributed by atoms with Gasteiger partial charge in [-0.1, -0.05) is 73.3 Å². The van der Waals surface area contributed by atoms with E-state index in [4.69, 9.17) is 0 Å². The molecule has 0 saturated carbocycles. The van der Waals surface area contributed by atoms with Crippen molar-refractivity contribution in [2.24, 2.45) is 15.5 Å². The molecule has 0 aromatic rings. The number of unbranched alkanes of at least 4 members (excludes halogenated alkanes) is 12. The molecule has 0 aromatic carbocycles. The first-order valence-corrected chi connectivity index (χ1v) is 12.6. The molecule has 33 heavy (non-hydrogen) atoms. The molecule has 190 valence electrons. The lowest BCUT2D eigenvalue weighted by Crippen LogP contribution is -2.44. The Hall–Kier alpha value is -2.26. The molecule has 0 aliphatic rings. The molecule has 0 rings (SSSR count). The first kappa shape index (κ1) is 30.7. The molecular weight excluding hydrogens is 426 g/mol. The van der Waals surface area contributed by atoms with Crippen LogP contribution in [0.5, 0.6) is 0 Å². The highest BCUT2D eigenvalue weighted by Crippen LogP contribution is 2.11. The Morgan fingerprint density at radius 1 is 0.545 bits per heavy atom. The van der Waals surface area contributed by atoms with E-state index in [1.807, 2.05) is 0 Å². The quantitative estimate of drug-likeness (QED) is 0.135. The number of amides is 3. The summed E-state index contributed by atoms with van der Waals surface area (Å²) in [4.78, 5) is 56.9.